The molecule has 4 nitrogen and oxygen atoms in total. The van der Waals surface area contributed by atoms with Gasteiger partial charge >= 0.3 is 0 Å². The summed E-state index contributed by atoms with van der Waals surface area (Å²) in [7, 11) is 0. The van der Waals surface area contributed by atoms with Crippen LogP contribution in [0.5, 0.6) is 5.75 Å². The van der Waals surface area contributed by atoms with E-state index >= 15 is 0 Å². The van der Waals surface area contributed by atoms with Crippen LogP contribution < -0.4 is 16.0 Å². The van der Waals surface area contributed by atoms with E-state index in [0.717, 1.165) is 23.4 Å². The Labute approximate surface area is 131 Å². The lowest BCUT2D eigenvalue weighted by atomic mass is 10.1. The van der Waals surface area contributed by atoms with Gasteiger partial charge in [-0.05, 0) is 38.5 Å². The van der Waals surface area contributed by atoms with E-state index in [1.807, 2.05) is 47.9 Å². The number of nitrogens with zero attached hydrogens (tertiary/aromatic N) is 1. The first-order valence-corrected chi connectivity index (χ1v) is 7.80. The SMILES string of the molecule is CCOc1cccc(-c2ccc(CN)c(=O)n2C(C)CC)c1. The van der Waals surface area contributed by atoms with Crippen LogP contribution in [0.2, 0.25) is 0 Å². The van der Waals surface area contributed by atoms with Crippen molar-refractivity contribution in [3.63, 3.8) is 0 Å². The fraction of sp³-hybridized carbons (Fsp3) is 0.389. The second-order valence-corrected chi connectivity index (χ2v) is 5.34. The van der Waals surface area contributed by atoms with Crippen LogP contribution in [-0.4, -0.2) is 11.2 Å². The fourth-order valence-corrected chi connectivity index (χ4v) is 2.52. The van der Waals surface area contributed by atoms with Crippen molar-refractivity contribution in [3.05, 3.63) is 52.3 Å². The third kappa shape index (κ3) is 3.22. The van der Waals surface area contributed by atoms with Crippen molar-refractivity contribution in [1.82, 2.24) is 4.57 Å². The first-order valence-electron chi connectivity index (χ1n) is 7.80. The Hall–Kier alpha value is -2.07. The Morgan fingerprint density at radius 1 is 1.23 bits per heavy atom. The highest BCUT2D eigenvalue weighted by molar-refractivity contribution is 5.62. The minimum absolute atomic E-state index is 0.00355. The van der Waals surface area contributed by atoms with Crippen LogP contribution in [-0.2, 0) is 6.54 Å². The van der Waals surface area contributed by atoms with Crippen molar-refractivity contribution in [2.75, 3.05) is 6.61 Å². The number of pyridine rings is 1. The summed E-state index contributed by atoms with van der Waals surface area (Å²) in [4.78, 5) is 12.7. The molecule has 0 amide bonds. The van der Waals surface area contributed by atoms with Crippen molar-refractivity contribution in [2.24, 2.45) is 5.73 Å². The Kier molecular flexibility index (Phi) is 5.39. The van der Waals surface area contributed by atoms with Gasteiger partial charge < -0.3 is 15.0 Å². The summed E-state index contributed by atoms with van der Waals surface area (Å²) >= 11 is 0. The predicted molar refractivity (Wildman–Crippen MR) is 90.2 cm³/mol. The van der Waals surface area contributed by atoms with Gasteiger partial charge in [0.15, 0.2) is 0 Å². The standard InChI is InChI=1S/C18H24N2O2/c1-4-13(3)20-17(10-9-15(12-19)18(20)21)14-7-6-8-16(11-14)22-5-2/h6-11,13H,4-5,12,19H2,1-3H3. The Morgan fingerprint density at radius 3 is 2.64 bits per heavy atom. The zero-order chi connectivity index (χ0) is 16.1. The molecule has 1 atom stereocenters. The summed E-state index contributed by atoms with van der Waals surface area (Å²) in [6.07, 6.45) is 0.881. The Balaban J connectivity index is 2.62. The Bertz CT molecular complexity index is 692. The molecule has 0 saturated carbocycles. The van der Waals surface area contributed by atoms with Crippen LogP contribution in [0, 0.1) is 0 Å². The van der Waals surface area contributed by atoms with Crippen molar-refractivity contribution in [2.45, 2.75) is 39.8 Å². The van der Waals surface area contributed by atoms with Crippen molar-refractivity contribution in [3.8, 4) is 17.0 Å². The van der Waals surface area contributed by atoms with Crippen LogP contribution in [0.15, 0.2) is 41.2 Å². The molecule has 1 aromatic heterocycles. The summed E-state index contributed by atoms with van der Waals surface area (Å²) in [5.41, 5.74) is 8.20. The maximum absolute atomic E-state index is 12.7. The number of rotatable bonds is 6. The van der Waals surface area contributed by atoms with Gasteiger partial charge in [-0.25, -0.2) is 0 Å². The largest absolute Gasteiger partial charge is 0.494 e. The Morgan fingerprint density at radius 2 is 2.00 bits per heavy atom. The summed E-state index contributed by atoms with van der Waals surface area (Å²) in [5, 5.41) is 0. The molecular formula is C18H24N2O2. The molecule has 2 rings (SSSR count). The smallest absolute Gasteiger partial charge is 0.255 e. The van der Waals surface area contributed by atoms with E-state index in [4.69, 9.17) is 10.5 Å². The van der Waals surface area contributed by atoms with E-state index in [0.29, 0.717) is 12.2 Å². The summed E-state index contributed by atoms with van der Waals surface area (Å²) in [6, 6.07) is 11.8. The number of hydrogen-bond acceptors (Lipinski definition) is 3. The molecule has 0 saturated heterocycles. The molecular weight excluding hydrogens is 276 g/mol. The number of nitrogens with two attached hydrogens (primary N) is 1. The third-order valence-corrected chi connectivity index (χ3v) is 3.89. The van der Waals surface area contributed by atoms with Gasteiger partial charge in [0, 0.05) is 23.7 Å². The molecule has 22 heavy (non-hydrogen) atoms. The predicted octanol–water partition coefficient (Wildman–Crippen LogP) is 3.34. The lowest BCUT2D eigenvalue weighted by Gasteiger charge is -2.20. The molecule has 4 heteroatoms. The highest BCUT2D eigenvalue weighted by Crippen LogP contribution is 2.26. The molecule has 0 aliphatic carbocycles. The molecule has 2 N–H and O–H groups in total. The number of benzene rings is 1. The van der Waals surface area contributed by atoms with Gasteiger partial charge in [-0.15, -0.1) is 0 Å². The molecule has 0 radical (unpaired) electrons. The minimum atomic E-state index is -0.00355. The average Bonchev–Trinajstić information content (AvgIpc) is 2.54. The second kappa shape index (κ2) is 7.27. The molecule has 1 unspecified atom stereocenters. The summed E-state index contributed by atoms with van der Waals surface area (Å²) in [6.45, 7) is 6.96. The molecule has 2 aromatic rings. The molecule has 1 heterocycles. The highest BCUT2D eigenvalue weighted by Gasteiger charge is 2.14. The van der Waals surface area contributed by atoms with Crippen molar-refractivity contribution < 1.29 is 4.74 Å². The summed E-state index contributed by atoms with van der Waals surface area (Å²) in [5.74, 6) is 0.811. The lowest BCUT2D eigenvalue weighted by Crippen LogP contribution is -2.28. The van der Waals surface area contributed by atoms with Gasteiger partial charge in [-0.2, -0.15) is 0 Å². The first-order chi connectivity index (χ1) is 10.6. The molecule has 0 aliphatic rings. The molecule has 0 spiro atoms. The van der Waals surface area contributed by atoms with E-state index in [1.165, 1.54) is 0 Å². The van der Waals surface area contributed by atoms with Crippen LogP contribution in [0.3, 0.4) is 0 Å². The van der Waals surface area contributed by atoms with Gasteiger partial charge in [0.1, 0.15) is 5.75 Å². The van der Waals surface area contributed by atoms with Crippen molar-refractivity contribution in [1.29, 1.82) is 0 Å². The van der Waals surface area contributed by atoms with E-state index in [1.54, 1.807) is 0 Å². The number of ether oxygens (including phenoxy) is 1. The second-order valence-electron chi connectivity index (χ2n) is 5.34. The van der Waals surface area contributed by atoms with E-state index in [2.05, 4.69) is 13.8 Å². The van der Waals surface area contributed by atoms with Crippen LogP contribution in [0.4, 0.5) is 0 Å². The quantitative estimate of drug-likeness (QED) is 0.890. The minimum Gasteiger partial charge on any atom is -0.494 e. The zero-order valence-electron chi connectivity index (χ0n) is 13.5. The average molecular weight is 300 g/mol. The van der Waals surface area contributed by atoms with Gasteiger partial charge in [0.25, 0.3) is 5.56 Å². The number of hydrogen-bond donors (Lipinski definition) is 1. The highest BCUT2D eigenvalue weighted by atomic mass is 16.5. The number of aromatic nitrogens is 1. The van der Waals surface area contributed by atoms with Crippen LogP contribution in [0.1, 0.15) is 38.8 Å². The fourth-order valence-electron chi connectivity index (χ4n) is 2.52. The molecule has 0 fully saturated rings. The van der Waals surface area contributed by atoms with Crippen molar-refractivity contribution >= 4 is 0 Å². The van der Waals surface area contributed by atoms with E-state index < -0.39 is 0 Å². The third-order valence-electron chi connectivity index (χ3n) is 3.89. The van der Waals surface area contributed by atoms with E-state index in [9.17, 15) is 4.79 Å². The van der Waals surface area contributed by atoms with Gasteiger partial charge in [-0.3, -0.25) is 4.79 Å². The molecule has 0 aliphatic heterocycles. The lowest BCUT2D eigenvalue weighted by molar-refractivity contribution is 0.340. The van der Waals surface area contributed by atoms with Gasteiger partial charge in [0.2, 0.25) is 0 Å². The van der Waals surface area contributed by atoms with Gasteiger partial charge in [0.05, 0.1) is 12.3 Å². The summed E-state index contributed by atoms with van der Waals surface area (Å²) < 4.78 is 7.40. The zero-order valence-corrected chi connectivity index (χ0v) is 13.5. The molecule has 1 aromatic carbocycles. The van der Waals surface area contributed by atoms with Crippen LogP contribution >= 0.6 is 0 Å². The molecule has 0 bridgehead atoms. The molecule has 118 valence electrons. The van der Waals surface area contributed by atoms with Gasteiger partial charge in [-0.1, -0.05) is 25.1 Å². The normalized spacial score (nSPS) is 12.2. The topological polar surface area (TPSA) is 57.2 Å². The maximum Gasteiger partial charge on any atom is 0.255 e. The monoisotopic (exact) mass is 300 g/mol. The maximum atomic E-state index is 12.7. The van der Waals surface area contributed by atoms with E-state index in [-0.39, 0.29) is 18.1 Å². The first kappa shape index (κ1) is 16.3. The van der Waals surface area contributed by atoms with Crippen LogP contribution in [0.25, 0.3) is 11.3 Å².